The van der Waals surface area contributed by atoms with Gasteiger partial charge in [-0.2, -0.15) is 0 Å². The number of hydrogen-bond donors (Lipinski definition) is 11. The summed E-state index contributed by atoms with van der Waals surface area (Å²) in [6, 6.07) is 0. The van der Waals surface area contributed by atoms with Gasteiger partial charge < -0.3 is 71.4 Å². The lowest BCUT2D eigenvalue weighted by atomic mass is 10.1. The number of nitrogen functional groups attached to an aromatic ring is 3. The van der Waals surface area contributed by atoms with Crippen molar-refractivity contribution >= 4 is 74.4 Å². The Morgan fingerprint density at radius 2 is 0.836 bits per heavy atom. The highest BCUT2D eigenvalue weighted by atomic mass is 31.2. The Hall–Kier alpha value is -4.90. The van der Waals surface area contributed by atoms with Crippen LogP contribution < -0.4 is 17.2 Å². The van der Waals surface area contributed by atoms with Crippen molar-refractivity contribution in [2.24, 2.45) is 0 Å². The van der Waals surface area contributed by atoms with E-state index in [9.17, 15) is 53.7 Å². The lowest BCUT2D eigenvalue weighted by Crippen LogP contribution is -2.37. The summed E-state index contributed by atoms with van der Waals surface area (Å²) in [5, 5.41) is 44.4. The highest BCUT2D eigenvalue weighted by molar-refractivity contribution is 7.47. The minimum Gasteiger partial charge on any atom is -0.387 e. The molecule has 6 aromatic rings. The van der Waals surface area contributed by atoms with Crippen LogP contribution in [0.2, 0.25) is 0 Å². The molecule has 6 aromatic heterocycles. The molecule has 0 saturated carbocycles. The molecule has 0 amide bonds. The fraction of sp³-hybridized carbons (Fsp3) is 0.500. The molecule has 5 unspecified atom stereocenters. The Kier molecular flexibility index (Phi) is 12.6. The molecule has 3 fully saturated rings. The number of rotatable bonds is 16. The molecular formula is C30H38N15O19P3. The number of imidazole rings is 3. The van der Waals surface area contributed by atoms with Crippen LogP contribution in [0.4, 0.5) is 17.5 Å². The van der Waals surface area contributed by atoms with E-state index in [4.69, 9.17) is 49.5 Å². The van der Waals surface area contributed by atoms with E-state index < -0.39 is 117 Å². The standard InChI is InChI=1S/C30H38N15O19P3/c31-22-13-25(37-4-34-22)43(7-40-13)28-19(49)16(46)10(60-28)2-58-66(53,54)64-21-18(48)12(62-30(21)45-9-42-15-24(33)36-6-39-27(15)45)3-59-67(55,56)63-20-17(47)11(1-57-65(50,51)52)61-29(20)44-8-41-14-23(32)35-5-38-26(14)44/h4-12,16-21,28-30,46-49H,1-3H2,(H,53,54)(H,55,56)(H2,31,34,37)(H2,32,35,38)(H2,33,36,39)(H2,50,51,52)/t10-,11-,12-,16?,17?,18?,19+,20+,21+,28-,29-,30-/m1/s1. The number of nitrogens with zero attached hydrogens (tertiary/aromatic N) is 12. The Morgan fingerprint density at radius 1 is 0.493 bits per heavy atom. The van der Waals surface area contributed by atoms with Crippen LogP contribution in [0, 0.1) is 0 Å². The molecule has 3 saturated heterocycles. The van der Waals surface area contributed by atoms with Gasteiger partial charge in [-0.15, -0.1) is 0 Å². The molecule has 14 N–H and O–H groups in total. The number of aliphatic hydroxyl groups excluding tert-OH is 4. The highest BCUT2D eigenvalue weighted by Gasteiger charge is 2.53. The summed E-state index contributed by atoms with van der Waals surface area (Å²) >= 11 is 0. The summed E-state index contributed by atoms with van der Waals surface area (Å²) < 4.78 is 85.4. The topological polar surface area (TPSA) is 496 Å². The van der Waals surface area contributed by atoms with Gasteiger partial charge in [-0.3, -0.25) is 36.3 Å². The molecule has 9 heterocycles. The number of phosphoric ester groups is 3. The largest absolute Gasteiger partial charge is 0.472 e. The Labute approximate surface area is 371 Å². The first-order valence-electron chi connectivity index (χ1n) is 19.2. The van der Waals surface area contributed by atoms with Crippen LogP contribution in [0.5, 0.6) is 0 Å². The second-order valence-electron chi connectivity index (χ2n) is 14.9. The third kappa shape index (κ3) is 9.22. The van der Waals surface area contributed by atoms with Gasteiger partial charge in [0, 0.05) is 0 Å². The lowest BCUT2D eigenvalue weighted by Gasteiger charge is -2.25. The van der Waals surface area contributed by atoms with Crippen LogP contribution in [0.15, 0.2) is 38.0 Å². The number of nitrogens with two attached hydrogens (primary N) is 3. The predicted molar refractivity (Wildman–Crippen MR) is 214 cm³/mol. The molecule has 0 spiro atoms. The van der Waals surface area contributed by atoms with Gasteiger partial charge in [-0.1, -0.05) is 0 Å². The summed E-state index contributed by atoms with van der Waals surface area (Å²) in [5.41, 5.74) is 18.0. The number of anilines is 3. The minimum absolute atomic E-state index is 0.00856. The second kappa shape index (κ2) is 17.9. The number of hydrogen-bond acceptors (Lipinski definition) is 27. The van der Waals surface area contributed by atoms with Gasteiger partial charge in [0.1, 0.15) is 90.5 Å². The number of aromatic nitrogens is 12. The highest BCUT2D eigenvalue weighted by Crippen LogP contribution is 2.53. The average Bonchev–Trinajstić information content (AvgIpc) is 4.13. The number of aliphatic hydroxyl groups is 4. The summed E-state index contributed by atoms with van der Waals surface area (Å²) in [5.74, 6) is -0.135. The van der Waals surface area contributed by atoms with E-state index in [0.29, 0.717) is 0 Å². The quantitative estimate of drug-likeness (QED) is 0.0419. The van der Waals surface area contributed by atoms with Crippen molar-refractivity contribution in [2.75, 3.05) is 37.0 Å². The molecule has 0 aliphatic carbocycles. The van der Waals surface area contributed by atoms with E-state index in [2.05, 4.69) is 49.4 Å². The third-order valence-electron chi connectivity index (χ3n) is 10.7. The van der Waals surface area contributed by atoms with Crippen molar-refractivity contribution in [2.45, 2.75) is 73.6 Å². The van der Waals surface area contributed by atoms with Crippen molar-refractivity contribution in [3.63, 3.8) is 0 Å². The first-order valence-corrected chi connectivity index (χ1v) is 23.7. The van der Waals surface area contributed by atoms with E-state index >= 15 is 0 Å². The van der Waals surface area contributed by atoms with Crippen molar-refractivity contribution in [1.29, 1.82) is 0 Å². The summed E-state index contributed by atoms with van der Waals surface area (Å²) in [6.07, 6.45) is -13.7. The van der Waals surface area contributed by atoms with Crippen LogP contribution in [-0.2, 0) is 50.5 Å². The van der Waals surface area contributed by atoms with Gasteiger partial charge in [-0.25, -0.2) is 58.6 Å². The Morgan fingerprint density at radius 3 is 1.22 bits per heavy atom. The fourth-order valence-corrected chi connectivity index (χ4v) is 9.73. The van der Waals surface area contributed by atoms with E-state index in [0.717, 1.165) is 40.8 Å². The Balaban J connectivity index is 0.918. The fourth-order valence-electron chi connectivity index (χ4n) is 7.53. The van der Waals surface area contributed by atoms with Crippen LogP contribution in [0.25, 0.3) is 33.5 Å². The summed E-state index contributed by atoms with van der Waals surface area (Å²) in [4.78, 5) is 76.7. The zero-order chi connectivity index (χ0) is 47.7. The van der Waals surface area contributed by atoms with Gasteiger partial charge in [0.2, 0.25) is 0 Å². The first kappa shape index (κ1) is 47.2. The molecular weight excluding hydrogens is 967 g/mol. The van der Waals surface area contributed by atoms with Gasteiger partial charge in [0.25, 0.3) is 0 Å². The average molecular weight is 1010 g/mol. The van der Waals surface area contributed by atoms with E-state index in [1.807, 2.05) is 0 Å². The molecule has 14 atom stereocenters. The zero-order valence-electron chi connectivity index (χ0n) is 33.5. The van der Waals surface area contributed by atoms with Crippen LogP contribution >= 0.6 is 23.5 Å². The maximum absolute atomic E-state index is 13.6. The lowest BCUT2D eigenvalue weighted by molar-refractivity contribution is -0.0644. The SMILES string of the molecule is Nc1ncnc2c1ncn2[C@@H]1O[C@H](COP(=O)(O)O[C@H]2C(O)[C@@H](COP(=O)(O)O[C@H]3C(O)[C@@H](COP(=O)(O)O)O[C@H]3n3cnc4c(N)ncnc43)O[C@H]2n2cnc3c(N)ncnc32)C(O)[C@@H]1O. The van der Waals surface area contributed by atoms with Crippen molar-refractivity contribution < 1.29 is 90.5 Å². The number of fused-ring (bicyclic) bond motifs is 3. The normalized spacial score (nSPS) is 31.0. The Bertz CT molecular complexity index is 2940. The molecule has 362 valence electrons. The van der Waals surface area contributed by atoms with E-state index in [1.165, 1.54) is 10.9 Å². The first-order chi connectivity index (χ1) is 31.7. The van der Waals surface area contributed by atoms with Gasteiger partial charge >= 0.3 is 23.5 Å². The third-order valence-corrected chi connectivity index (χ3v) is 13.1. The molecule has 3 aliphatic rings. The van der Waals surface area contributed by atoms with E-state index in [-0.39, 0.29) is 50.9 Å². The molecule has 0 bridgehead atoms. The zero-order valence-corrected chi connectivity index (χ0v) is 36.2. The molecule has 67 heavy (non-hydrogen) atoms. The van der Waals surface area contributed by atoms with Crippen molar-refractivity contribution in [1.82, 2.24) is 58.6 Å². The van der Waals surface area contributed by atoms with Crippen LogP contribution in [-0.4, -0.2) is 173 Å². The number of phosphoric acid groups is 3. The minimum atomic E-state index is -5.42. The molecule has 34 nitrogen and oxygen atoms in total. The van der Waals surface area contributed by atoms with Crippen molar-refractivity contribution in [3.05, 3.63) is 38.0 Å². The molecule has 3 aliphatic heterocycles. The smallest absolute Gasteiger partial charge is 0.387 e. The molecule has 0 radical (unpaired) electrons. The predicted octanol–water partition coefficient (Wildman–Crippen LogP) is -3.50. The second-order valence-corrected chi connectivity index (χ2v) is 18.9. The van der Waals surface area contributed by atoms with Gasteiger partial charge in [0.05, 0.1) is 38.8 Å². The van der Waals surface area contributed by atoms with Crippen LogP contribution in [0.3, 0.4) is 0 Å². The van der Waals surface area contributed by atoms with Gasteiger partial charge in [0.15, 0.2) is 53.1 Å². The maximum Gasteiger partial charge on any atom is 0.472 e. The number of ether oxygens (including phenoxy) is 3. The summed E-state index contributed by atoms with van der Waals surface area (Å²) in [6.45, 7) is -2.85. The van der Waals surface area contributed by atoms with Gasteiger partial charge in [-0.05, 0) is 0 Å². The van der Waals surface area contributed by atoms with Crippen molar-refractivity contribution in [3.8, 4) is 0 Å². The van der Waals surface area contributed by atoms with Crippen LogP contribution in [0.1, 0.15) is 18.7 Å². The molecule has 37 heteroatoms. The maximum atomic E-state index is 13.6. The monoisotopic (exact) mass is 1010 g/mol. The molecule has 9 rings (SSSR count). The summed E-state index contributed by atoms with van der Waals surface area (Å²) in [7, 11) is -15.9. The van der Waals surface area contributed by atoms with E-state index in [1.54, 1.807) is 0 Å². The molecule has 0 aromatic carbocycles.